The van der Waals surface area contributed by atoms with E-state index in [1.807, 2.05) is 54.6 Å². The molecule has 2 amide bonds. The molecule has 0 heterocycles. The Morgan fingerprint density at radius 1 is 0.957 bits per heavy atom. The Morgan fingerprint density at radius 2 is 1.78 bits per heavy atom. The first kappa shape index (κ1) is 15.6. The van der Waals surface area contributed by atoms with Crippen molar-refractivity contribution in [2.24, 2.45) is 0 Å². The van der Waals surface area contributed by atoms with Crippen LogP contribution in [0.25, 0.3) is 10.8 Å². The Bertz CT molecular complexity index is 818. The summed E-state index contributed by atoms with van der Waals surface area (Å²) in [6, 6.07) is 21.8. The minimum Gasteiger partial charge on any atom is -0.338 e. The van der Waals surface area contributed by atoms with Crippen LogP contribution in [0, 0.1) is 0 Å². The van der Waals surface area contributed by atoms with Crippen LogP contribution in [0.2, 0.25) is 0 Å². The molecule has 0 aliphatic rings. The summed E-state index contributed by atoms with van der Waals surface area (Å²) in [7, 11) is 0. The fourth-order valence-electron chi connectivity index (χ4n) is 2.46. The number of benzene rings is 3. The molecule has 0 radical (unpaired) electrons. The van der Waals surface area contributed by atoms with E-state index >= 15 is 0 Å². The number of amides is 2. The maximum absolute atomic E-state index is 12.0. The first-order valence-electron chi connectivity index (χ1n) is 7.49. The smallest absolute Gasteiger partial charge is 0.319 e. The van der Waals surface area contributed by atoms with Gasteiger partial charge in [-0.3, -0.25) is 0 Å². The normalized spacial score (nSPS) is 10.5. The summed E-state index contributed by atoms with van der Waals surface area (Å²) >= 11 is 3.53. The van der Waals surface area contributed by atoms with Crippen LogP contribution in [-0.4, -0.2) is 12.6 Å². The van der Waals surface area contributed by atoms with E-state index in [0.29, 0.717) is 6.54 Å². The first-order valence-corrected chi connectivity index (χ1v) is 8.29. The van der Waals surface area contributed by atoms with Gasteiger partial charge in [-0.25, -0.2) is 4.79 Å². The fraction of sp³-hybridized carbons (Fsp3) is 0.105. The number of anilines is 1. The number of fused-ring (bicyclic) bond motifs is 1. The zero-order valence-electron chi connectivity index (χ0n) is 12.6. The number of nitrogens with one attached hydrogen (secondary N) is 2. The zero-order valence-corrected chi connectivity index (χ0v) is 14.1. The second kappa shape index (κ2) is 7.29. The third kappa shape index (κ3) is 4.11. The summed E-state index contributed by atoms with van der Waals surface area (Å²) in [5, 5.41) is 7.97. The second-order valence-electron chi connectivity index (χ2n) is 5.29. The highest BCUT2D eigenvalue weighted by atomic mass is 79.9. The van der Waals surface area contributed by atoms with Crippen LogP contribution in [-0.2, 0) is 6.42 Å². The van der Waals surface area contributed by atoms with Crippen LogP contribution in [0.4, 0.5) is 10.5 Å². The standard InChI is InChI=1S/C19H17BrN2O/c20-18-8-4-7-15-13-16(9-10-17(15)18)22-19(23)21-12-11-14-5-2-1-3-6-14/h1-10,13H,11-12H2,(H2,21,22,23). The summed E-state index contributed by atoms with van der Waals surface area (Å²) in [6.07, 6.45) is 0.818. The van der Waals surface area contributed by atoms with E-state index in [-0.39, 0.29) is 6.03 Å². The molecule has 0 atom stereocenters. The van der Waals surface area contributed by atoms with E-state index in [2.05, 4.69) is 38.7 Å². The Kier molecular flexibility index (Phi) is 4.93. The lowest BCUT2D eigenvalue weighted by Gasteiger charge is -2.09. The van der Waals surface area contributed by atoms with E-state index in [1.165, 1.54) is 5.56 Å². The predicted octanol–water partition coefficient (Wildman–Crippen LogP) is 4.97. The maximum atomic E-state index is 12.0. The molecule has 0 saturated heterocycles. The Morgan fingerprint density at radius 3 is 2.61 bits per heavy atom. The van der Waals surface area contributed by atoms with Crippen LogP contribution in [0.5, 0.6) is 0 Å². The molecule has 116 valence electrons. The highest BCUT2D eigenvalue weighted by Crippen LogP contribution is 2.26. The van der Waals surface area contributed by atoms with Gasteiger partial charge in [0.05, 0.1) is 0 Å². The van der Waals surface area contributed by atoms with Crippen molar-refractivity contribution >= 4 is 38.4 Å². The highest BCUT2D eigenvalue weighted by molar-refractivity contribution is 9.10. The van der Waals surface area contributed by atoms with Crippen molar-refractivity contribution in [3.8, 4) is 0 Å². The fourth-order valence-corrected chi connectivity index (χ4v) is 2.98. The molecule has 0 aliphatic carbocycles. The number of halogens is 1. The van der Waals surface area contributed by atoms with Crippen molar-refractivity contribution < 1.29 is 4.79 Å². The SMILES string of the molecule is O=C(NCCc1ccccc1)Nc1ccc2c(Br)cccc2c1. The summed E-state index contributed by atoms with van der Waals surface area (Å²) in [6.45, 7) is 0.606. The van der Waals surface area contributed by atoms with Crippen LogP contribution in [0.3, 0.4) is 0 Å². The molecule has 3 rings (SSSR count). The van der Waals surface area contributed by atoms with Gasteiger partial charge < -0.3 is 10.6 Å². The van der Waals surface area contributed by atoms with Crippen molar-refractivity contribution in [1.82, 2.24) is 5.32 Å². The van der Waals surface area contributed by atoms with Crippen LogP contribution < -0.4 is 10.6 Å². The van der Waals surface area contributed by atoms with Crippen molar-refractivity contribution in [2.45, 2.75) is 6.42 Å². The molecule has 3 aromatic rings. The minimum atomic E-state index is -0.185. The largest absolute Gasteiger partial charge is 0.338 e. The number of carbonyl (C=O) groups excluding carboxylic acids is 1. The molecular formula is C19H17BrN2O. The highest BCUT2D eigenvalue weighted by Gasteiger charge is 2.03. The molecule has 3 nitrogen and oxygen atoms in total. The topological polar surface area (TPSA) is 41.1 Å². The number of hydrogen-bond donors (Lipinski definition) is 2. The van der Waals surface area contributed by atoms with Gasteiger partial charge in [0.1, 0.15) is 0 Å². The van der Waals surface area contributed by atoms with Gasteiger partial charge in [0.25, 0.3) is 0 Å². The van der Waals surface area contributed by atoms with Gasteiger partial charge in [-0.15, -0.1) is 0 Å². The molecule has 3 aromatic carbocycles. The van der Waals surface area contributed by atoms with E-state index in [0.717, 1.165) is 27.4 Å². The third-order valence-electron chi connectivity index (χ3n) is 3.63. The van der Waals surface area contributed by atoms with Gasteiger partial charge >= 0.3 is 6.03 Å². The lowest BCUT2D eigenvalue weighted by atomic mass is 10.1. The number of rotatable bonds is 4. The van der Waals surface area contributed by atoms with Gasteiger partial charge in [0, 0.05) is 16.7 Å². The minimum absolute atomic E-state index is 0.185. The van der Waals surface area contributed by atoms with Crippen molar-refractivity contribution in [3.05, 3.63) is 76.8 Å². The van der Waals surface area contributed by atoms with Gasteiger partial charge in [0.2, 0.25) is 0 Å². The molecule has 0 unspecified atom stereocenters. The van der Waals surface area contributed by atoms with Gasteiger partial charge in [-0.1, -0.05) is 64.5 Å². The molecule has 0 fully saturated rings. The number of hydrogen-bond acceptors (Lipinski definition) is 1. The van der Waals surface area contributed by atoms with E-state index < -0.39 is 0 Å². The summed E-state index contributed by atoms with van der Waals surface area (Å²) < 4.78 is 1.05. The Labute approximate surface area is 143 Å². The van der Waals surface area contributed by atoms with Crippen molar-refractivity contribution in [3.63, 3.8) is 0 Å². The number of urea groups is 1. The Hall–Kier alpha value is -2.33. The molecule has 0 spiro atoms. The van der Waals surface area contributed by atoms with Crippen molar-refractivity contribution in [2.75, 3.05) is 11.9 Å². The summed E-state index contributed by atoms with van der Waals surface area (Å²) in [4.78, 5) is 12.0. The zero-order chi connectivity index (χ0) is 16.1. The average molecular weight is 369 g/mol. The molecular weight excluding hydrogens is 352 g/mol. The first-order chi connectivity index (χ1) is 11.2. The average Bonchev–Trinajstić information content (AvgIpc) is 2.56. The second-order valence-corrected chi connectivity index (χ2v) is 6.15. The third-order valence-corrected chi connectivity index (χ3v) is 4.32. The Balaban J connectivity index is 1.57. The van der Waals surface area contributed by atoms with Gasteiger partial charge in [-0.2, -0.15) is 0 Å². The van der Waals surface area contributed by atoms with E-state index in [1.54, 1.807) is 0 Å². The summed E-state index contributed by atoms with van der Waals surface area (Å²) in [5.74, 6) is 0. The predicted molar refractivity (Wildman–Crippen MR) is 98.8 cm³/mol. The molecule has 23 heavy (non-hydrogen) atoms. The van der Waals surface area contributed by atoms with Gasteiger partial charge in [0.15, 0.2) is 0 Å². The molecule has 4 heteroatoms. The number of carbonyl (C=O) groups is 1. The molecule has 2 N–H and O–H groups in total. The summed E-state index contributed by atoms with van der Waals surface area (Å²) in [5.41, 5.74) is 2.00. The lowest BCUT2D eigenvalue weighted by molar-refractivity contribution is 0.252. The molecule has 0 saturated carbocycles. The molecule has 0 bridgehead atoms. The van der Waals surface area contributed by atoms with Crippen molar-refractivity contribution in [1.29, 1.82) is 0 Å². The van der Waals surface area contributed by atoms with Crippen LogP contribution in [0.15, 0.2) is 71.2 Å². The monoisotopic (exact) mass is 368 g/mol. The van der Waals surface area contributed by atoms with E-state index in [4.69, 9.17) is 0 Å². The van der Waals surface area contributed by atoms with Gasteiger partial charge in [-0.05, 0) is 41.0 Å². The van der Waals surface area contributed by atoms with E-state index in [9.17, 15) is 4.79 Å². The molecule has 0 aromatic heterocycles. The molecule has 0 aliphatic heterocycles. The lowest BCUT2D eigenvalue weighted by Crippen LogP contribution is -2.30. The maximum Gasteiger partial charge on any atom is 0.319 e. The van der Waals surface area contributed by atoms with Crippen LogP contribution in [0.1, 0.15) is 5.56 Å². The van der Waals surface area contributed by atoms with Crippen LogP contribution >= 0.6 is 15.9 Å². The quantitative estimate of drug-likeness (QED) is 0.670.